The minimum atomic E-state index is 0.531. The van der Waals surface area contributed by atoms with Gasteiger partial charge in [-0.1, -0.05) is 11.8 Å². The molecule has 0 saturated heterocycles. The summed E-state index contributed by atoms with van der Waals surface area (Å²) < 4.78 is 0. The quantitative estimate of drug-likeness (QED) is 0.567. The summed E-state index contributed by atoms with van der Waals surface area (Å²) in [5.74, 6) is 0.531. The number of anilines is 1. The fourth-order valence-corrected chi connectivity index (χ4v) is 1.50. The van der Waals surface area contributed by atoms with E-state index in [1.54, 1.807) is 6.20 Å². The second-order valence-electron chi connectivity index (χ2n) is 2.96. The fourth-order valence-electron chi connectivity index (χ4n) is 1.17. The van der Waals surface area contributed by atoms with E-state index in [4.69, 9.17) is 5.73 Å². The molecule has 0 bridgehead atoms. The highest BCUT2D eigenvalue weighted by Gasteiger charge is 2.03. The Morgan fingerprint density at radius 1 is 1.36 bits per heavy atom. The van der Waals surface area contributed by atoms with Crippen molar-refractivity contribution in [2.24, 2.45) is 0 Å². The second kappa shape index (κ2) is 3.42. The van der Waals surface area contributed by atoms with Crippen LogP contribution < -0.4 is 5.73 Å². The molecule has 0 aliphatic rings. The molecule has 2 aromatic rings. The fraction of sp³-hybridized carbons (Fsp3) is 0.222. The van der Waals surface area contributed by atoms with Crippen molar-refractivity contribution < 1.29 is 0 Å². The van der Waals surface area contributed by atoms with Gasteiger partial charge in [0.2, 0.25) is 0 Å². The van der Waals surface area contributed by atoms with Crippen LogP contribution in [0, 0.1) is 6.92 Å². The van der Waals surface area contributed by atoms with E-state index in [0.717, 1.165) is 10.9 Å². The molecule has 2 heterocycles. The van der Waals surface area contributed by atoms with E-state index in [2.05, 4.69) is 15.0 Å². The number of aromatic nitrogens is 3. The zero-order valence-corrected chi connectivity index (χ0v) is 8.80. The molecule has 0 amide bonds. The van der Waals surface area contributed by atoms with Gasteiger partial charge in [0.1, 0.15) is 5.82 Å². The molecule has 2 rings (SSSR count). The molecule has 2 aromatic heterocycles. The van der Waals surface area contributed by atoms with Crippen molar-refractivity contribution >= 4 is 28.6 Å². The van der Waals surface area contributed by atoms with E-state index in [9.17, 15) is 0 Å². The average molecular weight is 206 g/mol. The van der Waals surface area contributed by atoms with Crippen LogP contribution in [-0.4, -0.2) is 21.2 Å². The molecular formula is C9H10N4S. The topological polar surface area (TPSA) is 64.7 Å². The third-order valence-electron chi connectivity index (χ3n) is 1.96. The summed E-state index contributed by atoms with van der Waals surface area (Å²) in [6.07, 6.45) is 3.70. The predicted molar refractivity (Wildman–Crippen MR) is 58.3 cm³/mol. The van der Waals surface area contributed by atoms with Crippen molar-refractivity contribution in [3.63, 3.8) is 0 Å². The first-order valence-corrected chi connectivity index (χ1v) is 5.37. The van der Waals surface area contributed by atoms with Crippen LogP contribution in [0.2, 0.25) is 0 Å². The van der Waals surface area contributed by atoms with Crippen molar-refractivity contribution in [1.29, 1.82) is 0 Å². The second-order valence-corrected chi connectivity index (χ2v) is 3.73. The summed E-state index contributed by atoms with van der Waals surface area (Å²) in [7, 11) is 0. The summed E-state index contributed by atoms with van der Waals surface area (Å²) in [6.45, 7) is 1.92. The molecule has 14 heavy (non-hydrogen) atoms. The van der Waals surface area contributed by atoms with E-state index in [0.29, 0.717) is 16.6 Å². The van der Waals surface area contributed by atoms with Gasteiger partial charge in [-0.05, 0) is 24.8 Å². The van der Waals surface area contributed by atoms with E-state index >= 15 is 0 Å². The van der Waals surface area contributed by atoms with Gasteiger partial charge >= 0.3 is 0 Å². The van der Waals surface area contributed by atoms with Crippen LogP contribution in [0.25, 0.3) is 11.0 Å². The monoisotopic (exact) mass is 206 g/mol. The van der Waals surface area contributed by atoms with Gasteiger partial charge in [-0.2, -0.15) is 0 Å². The van der Waals surface area contributed by atoms with Crippen molar-refractivity contribution in [3.8, 4) is 0 Å². The van der Waals surface area contributed by atoms with Crippen LogP contribution in [0.4, 0.5) is 5.82 Å². The van der Waals surface area contributed by atoms with E-state index in [1.165, 1.54) is 11.8 Å². The van der Waals surface area contributed by atoms with Gasteiger partial charge < -0.3 is 5.73 Å². The number of nitrogens with zero attached hydrogens (tertiary/aromatic N) is 3. The number of aryl methyl sites for hydroxylation is 1. The lowest BCUT2D eigenvalue weighted by atomic mass is 10.2. The molecule has 5 heteroatoms. The molecule has 0 saturated carbocycles. The van der Waals surface area contributed by atoms with E-state index in [-0.39, 0.29) is 0 Å². The molecule has 0 atom stereocenters. The Morgan fingerprint density at radius 2 is 2.14 bits per heavy atom. The van der Waals surface area contributed by atoms with E-state index < -0.39 is 0 Å². The highest BCUT2D eigenvalue weighted by molar-refractivity contribution is 7.98. The van der Waals surface area contributed by atoms with Gasteiger partial charge in [0, 0.05) is 11.6 Å². The number of nitrogen functional groups attached to an aromatic ring is 1. The molecule has 0 aliphatic heterocycles. The van der Waals surface area contributed by atoms with E-state index in [1.807, 2.05) is 19.2 Å². The minimum Gasteiger partial charge on any atom is -0.383 e. The maximum absolute atomic E-state index is 5.70. The molecular weight excluding hydrogens is 196 g/mol. The van der Waals surface area contributed by atoms with Gasteiger partial charge in [0.05, 0.1) is 0 Å². The van der Waals surface area contributed by atoms with Crippen molar-refractivity contribution in [3.05, 3.63) is 17.8 Å². The van der Waals surface area contributed by atoms with Gasteiger partial charge in [-0.3, -0.25) is 0 Å². The number of nitrogens with two attached hydrogens (primary N) is 1. The van der Waals surface area contributed by atoms with Crippen molar-refractivity contribution in [2.75, 3.05) is 12.0 Å². The summed E-state index contributed by atoms with van der Waals surface area (Å²) in [4.78, 5) is 12.6. The number of hydrogen-bond donors (Lipinski definition) is 1. The van der Waals surface area contributed by atoms with Crippen LogP contribution in [0.1, 0.15) is 5.56 Å². The minimum absolute atomic E-state index is 0.531. The summed E-state index contributed by atoms with van der Waals surface area (Å²) in [6, 6.07) is 1.95. The molecule has 0 aromatic carbocycles. The van der Waals surface area contributed by atoms with Crippen molar-refractivity contribution in [2.45, 2.75) is 12.1 Å². The zero-order chi connectivity index (χ0) is 10.1. The number of hydrogen-bond acceptors (Lipinski definition) is 5. The molecule has 0 radical (unpaired) electrons. The highest BCUT2D eigenvalue weighted by Crippen LogP contribution is 2.17. The Balaban J connectivity index is 2.70. The summed E-state index contributed by atoms with van der Waals surface area (Å²) in [5, 5.41) is 1.64. The standard InChI is InChI=1S/C9H10N4S/c1-5-3-6-4-11-9(14-2)13-8(6)12-7(5)10/h3-4H,1-2H3,(H2,10,11,12,13). The predicted octanol–water partition coefficient (Wildman–Crippen LogP) is 1.64. The maximum Gasteiger partial charge on any atom is 0.189 e. The van der Waals surface area contributed by atoms with Gasteiger partial charge in [-0.25, -0.2) is 15.0 Å². The maximum atomic E-state index is 5.70. The van der Waals surface area contributed by atoms with Crippen LogP contribution >= 0.6 is 11.8 Å². The first-order chi connectivity index (χ1) is 6.70. The molecule has 4 nitrogen and oxygen atoms in total. The number of fused-ring (bicyclic) bond motifs is 1. The Morgan fingerprint density at radius 3 is 2.86 bits per heavy atom. The van der Waals surface area contributed by atoms with Gasteiger partial charge in [-0.15, -0.1) is 0 Å². The normalized spacial score (nSPS) is 10.7. The number of thioether (sulfide) groups is 1. The molecule has 0 fully saturated rings. The summed E-state index contributed by atoms with van der Waals surface area (Å²) >= 11 is 1.49. The smallest absolute Gasteiger partial charge is 0.189 e. The van der Waals surface area contributed by atoms with Crippen LogP contribution in [0.3, 0.4) is 0 Å². The van der Waals surface area contributed by atoms with Crippen LogP contribution in [-0.2, 0) is 0 Å². The van der Waals surface area contributed by atoms with Crippen molar-refractivity contribution in [1.82, 2.24) is 15.0 Å². The SMILES string of the molecule is CSc1ncc2cc(C)c(N)nc2n1. The Kier molecular flexibility index (Phi) is 2.25. The Hall–Kier alpha value is -1.36. The Labute approximate surface area is 86.0 Å². The first kappa shape index (κ1) is 9.21. The van der Waals surface area contributed by atoms with Gasteiger partial charge in [0.25, 0.3) is 0 Å². The van der Waals surface area contributed by atoms with Crippen LogP contribution in [0.15, 0.2) is 17.4 Å². The summed E-state index contributed by atoms with van der Waals surface area (Å²) in [5.41, 5.74) is 7.32. The molecule has 0 unspecified atom stereocenters. The molecule has 0 aliphatic carbocycles. The van der Waals surface area contributed by atoms with Crippen LogP contribution in [0.5, 0.6) is 0 Å². The molecule has 72 valence electrons. The lowest BCUT2D eigenvalue weighted by Crippen LogP contribution is -1.97. The zero-order valence-electron chi connectivity index (χ0n) is 7.98. The first-order valence-electron chi connectivity index (χ1n) is 4.14. The molecule has 0 spiro atoms. The largest absolute Gasteiger partial charge is 0.383 e. The van der Waals surface area contributed by atoms with Gasteiger partial charge in [0.15, 0.2) is 10.8 Å². The lowest BCUT2D eigenvalue weighted by Gasteiger charge is -2.02. The number of rotatable bonds is 1. The molecule has 2 N–H and O–H groups in total. The number of pyridine rings is 1. The third kappa shape index (κ3) is 1.50. The lowest BCUT2D eigenvalue weighted by molar-refractivity contribution is 0.992. The Bertz CT molecular complexity index is 483. The third-order valence-corrected chi connectivity index (χ3v) is 2.52. The average Bonchev–Trinajstić information content (AvgIpc) is 2.19. The highest BCUT2D eigenvalue weighted by atomic mass is 32.2.